The first-order valence-electron chi connectivity index (χ1n) is 9.17. The number of nitrogens with zero attached hydrogens (tertiary/aromatic N) is 3. The molecule has 1 fully saturated rings. The zero-order valence-corrected chi connectivity index (χ0v) is 17.1. The molecule has 0 radical (unpaired) electrons. The topological polar surface area (TPSA) is 85.5 Å². The number of aromatic nitrogens is 2. The van der Waals surface area contributed by atoms with Crippen LogP contribution >= 0.6 is 11.3 Å². The van der Waals surface area contributed by atoms with Gasteiger partial charge >= 0.3 is 0 Å². The van der Waals surface area contributed by atoms with Gasteiger partial charge < -0.3 is 9.26 Å². The Kier molecular flexibility index (Phi) is 5.47. The summed E-state index contributed by atoms with van der Waals surface area (Å²) in [6.45, 7) is 3.19. The van der Waals surface area contributed by atoms with Crippen molar-refractivity contribution in [3.63, 3.8) is 0 Å². The molecule has 0 bridgehead atoms. The van der Waals surface area contributed by atoms with Crippen molar-refractivity contribution in [1.29, 1.82) is 0 Å². The third-order valence-electron chi connectivity index (χ3n) is 4.64. The summed E-state index contributed by atoms with van der Waals surface area (Å²) >= 11 is 1.56. The summed E-state index contributed by atoms with van der Waals surface area (Å²) in [5.41, 5.74) is 0.905. The summed E-state index contributed by atoms with van der Waals surface area (Å²) < 4.78 is 38.5. The summed E-state index contributed by atoms with van der Waals surface area (Å²) in [5, 5.41) is 7.89. The largest absolute Gasteiger partial charge is 0.492 e. The van der Waals surface area contributed by atoms with E-state index in [2.05, 4.69) is 17.1 Å². The lowest BCUT2D eigenvalue weighted by atomic mass is 10.0. The number of hydrogen-bond acceptors (Lipinski definition) is 7. The molecule has 0 saturated carbocycles. The molecule has 3 aromatic rings. The molecule has 1 aliphatic heterocycles. The van der Waals surface area contributed by atoms with Crippen LogP contribution in [0.4, 0.5) is 0 Å². The maximum absolute atomic E-state index is 13.0. The Balaban J connectivity index is 1.45. The second kappa shape index (κ2) is 8.02. The molecule has 0 aliphatic carbocycles. The molecule has 0 N–H and O–H groups in total. The van der Waals surface area contributed by atoms with E-state index in [0.29, 0.717) is 37.2 Å². The number of sulfonamides is 1. The highest BCUT2D eigenvalue weighted by atomic mass is 32.2. The maximum Gasteiger partial charge on any atom is 0.246 e. The molecular formula is C19H21N3O4S2. The van der Waals surface area contributed by atoms with Gasteiger partial charge in [-0.2, -0.15) is 20.6 Å². The maximum atomic E-state index is 13.0. The quantitative estimate of drug-likeness (QED) is 0.517. The minimum Gasteiger partial charge on any atom is -0.492 e. The minimum atomic E-state index is -3.63. The molecule has 0 spiro atoms. The first-order valence-corrected chi connectivity index (χ1v) is 11.6. The fourth-order valence-corrected chi connectivity index (χ4v) is 5.25. The Bertz CT molecular complexity index is 1030. The molecule has 3 heterocycles. The van der Waals surface area contributed by atoms with Gasteiger partial charge in [-0.15, -0.1) is 0 Å². The third kappa shape index (κ3) is 3.69. The van der Waals surface area contributed by atoms with E-state index in [4.69, 9.17) is 9.26 Å². The molecule has 28 heavy (non-hydrogen) atoms. The summed E-state index contributed by atoms with van der Waals surface area (Å²) in [6.07, 6.45) is 1.87. The molecule has 1 aliphatic rings. The predicted molar refractivity (Wildman–Crippen MR) is 106 cm³/mol. The fraction of sp³-hybridized carbons (Fsp3) is 0.368. The van der Waals surface area contributed by atoms with Crippen molar-refractivity contribution in [1.82, 2.24) is 14.4 Å². The van der Waals surface area contributed by atoms with Crippen LogP contribution in [0.2, 0.25) is 0 Å². The average molecular weight is 420 g/mol. The van der Waals surface area contributed by atoms with Gasteiger partial charge in [0.2, 0.25) is 21.7 Å². The van der Waals surface area contributed by atoms with Crippen molar-refractivity contribution in [2.45, 2.75) is 30.6 Å². The standard InChI is InChI=1S/C19H21N3O4S2/c1-2-3-9-25-16-6-4-5-7-17(16)28(23,24)22-11-15(12-22)19-20-18(21-26-19)14-8-10-27-13-14/h4-8,10,13,15H,2-3,9,11-12H2,1H3. The molecule has 0 atom stereocenters. The van der Waals surface area contributed by atoms with Crippen molar-refractivity contribution < 1.29 is 17.7 Å². The van der Waals surface area contributed by atoms with E-state index in [1.165, 1.54) is 4.31 Å². The van der Waals surface area contributed by atoms with Crippen LogP contribution in [0.1, 0.15) is 31.6 Å². The van der Waals surface area contributed by atoms with Crippen LogP contribution in [0.15, 0.2) is 50.5 Å². The Morgan fingerprint density at radius 1 is 1.29 bits per heavy atom. The predicted octanol–water partition coefficient (Wildman–Crippen LogP) is 3.77. The van der Waals surface area contributed by atoms with Gasteiger partial charge in [-0.1, -0.05) is 30.6 Å². The second-order valence-corrected chi connectivity index (χ2v) is 9.32. The molecule has 2 aromatic heterocycles. The number of benzene rings is 1. The molecule has 4 rings (SSSR count). The van der Waals surface area contributed by atoms with Crippen LogP contribution in [-0.4, -0.2) is 42.6 Å². The highest BCUT2D eigenvalue weighted by Gasteiger charge is 2.41. The van der Waals surface area contributed by atoms with Gasteiger partial charge in [0.15, 0.2) is 0 Å². The molecule has 1 aromatic carbocycles. The molecule has 0 unspecified atom stereocenters. The van der Waals surface area contributed by atoms with Crippen molar-refractivity contribution in [3.8, 4) is 17.1 Å². The van der Waals surface area contributed by atoms with Crippen molar-refractivity contribution in [2.24, 2.45) is 0 Å². The van der Waals surface area contributed by atoms with Crippen LogP contribution in [0.5, 0.6) is 5.75 Å². The molecule has 9 heteroatoms. The van der Waals surface area contributed by atoms with E-state index in [-0.39, 0.29) is 10.8 Å². The zero-order valence-electron chi connectivity index (χ0n) is 15.4. The summed E-state index contributed by atoms with van der Waals surface area (Å²) in [6, 6.07) is 8.70. The van der Waals surface area contributed by atoms with E-state index >= 15 is 0 Å². The van der Waals surface area contributed by atoms with Gasteiger partial charge in [0.05, 0.1) is 12.5 Å². The van der Waals surface area contributed by atoms with Crippen molar-refractivity contribution >= 4 is 21.4 Å². The lowest BCUT2D eigenvalue weighted by Crippen LogP contribution is -2.48. The van der Waals surface area contributed by atoms with E-state index in [9.17, 15) is 8.42 Å². The molecule has 1 saturated heterocycles. The first kappa shape index (κ1) is 19.1. The van der Waals surface area contributed by atoms with Gasteiger partial charge in [-0.3, -0.25) is 0 Å². The van der Waals surface area contributed by atoms with E-state index in [0.717, 1.165) is 18.4 Å². The molecule has 148 valence electrons. The normalized spacial score (nSPS) is 15.5. The second-order valence-electron chi connectivity index (χ2n) is 6.64. The SMILES string of the molecule is CCCCOc1ccccc1S(=O)(=O)N1CC(c2nc(-c3ccsc3)no2)C1. The smallest absolute Gasteiger partial charge is 0.246 e. The Morgan fingerprint density at radius 2 is 2.11 bits per heavy atom. The number of hydrogen-bond donors (Lipinski definition) is 0. The van der Waals surface area contributed by atoms with Crippen molar-refractivity contribution in [3.05, 3.63) is 47.0 Å². The van der Waals surface area contributed by atoms with Crippen molar-refractivity contribution in [2.75, 3.05) is 19.7 Å². The Hall–Kier alpha value is -2.23. The molecular weight excluding hydrogens is 398 g/mol. The molecule has 0 amide bonds. The summed E-state index contributed by atoms with van der Waals surface area (Å²) in [7, 11) is -3.63. The number of thiophene rings is 1. The number of para-hydroxylation sites is 1. The van der Waals surface area contributed by atoms with Gasteiger partial charge in [-0.05, 0) is 30.0 Å². The van der Waals surface area contributed by atoms with Crippen LogP contribution < -0.4 is 4.74 Å². The van der Waals surface area contributed by atoms with Crippen LogP contribution in [-0.2, 0) is 10.0 Å². The summed E-state index contributed by atoms with van der Waals surface area (Å²) in [4.78, 5) is 4.62. The van der Waals surface area contributed by atoms with E-state index in [1.54, 1.807) is 35.6 Å². The van der Waals surface area contributed by atoms with Gasteiger partial charge in [0.1, 0.15) is 10.6 Å². The monoisotopic (exact) mass is 419 g/mol. The first-order chi connectivity index (χ1) is 13.6. The Morgan fingerprint density at radius 3 is 2.86 bits per heavy atom. The number of rotatable bonds is 8. The molecule has 7 nitrogen and oxygen atoms in total. The van der Waals surface area contributed by atoms with Crippen LogP contribution in [0.25, 0.3) is 11.4 Å². The van der Waals surface area contributed by atoms with E-state index < -0.39 is 10.0 Å². The fourth-order valence-electron chi connectivity index (χ4n) is 2.95. The highest BCUT2D eigenvalue weighted by molar-refractivity contribution is 7.89. The average Bonchev–Trinajstić information content (AvgIpc) is 3.32. The van der Waals surface area contributed by atoms with Crippen LogP contribution in [0, 0.1) is 0 Å². The van der Waals surface area contributed by atoms with Gasteiger partial charge in [0, 0.05) is 24.0 Å². The zero-order chi connectivity index (χ0) is 19.6. The lowest BCUT2D eigenvalue weighted by Gasteiger charge is -2.36. The van der Waals surface area contributed by atoms with Gasteiger partial charge in [0.25, 0.3) is 0 Å². The van der Waals surface area contributed by atoms with Gasteiger partial charge in [-0.25, -0.2) is 8.42 Å². The van der Waals surface area contributed by atoms with E-state index in [1.807, 2.05) is 16.8 Å². The number of unbranched alkanes of at least 4 members (excludes halogenated alkanes) is 1. The minimum absolute atomic E-state index is 0.0946. The number of ether oxygens (including phenoxy) is 1. The lowest BCUT2D eigenvalue weighted by molar-refractivity contribution is 0.216. The highest BCUT2D eigenvalue weighted by Crippen LogP contribution is 2.35. The Labute approximate surface area is 168 Å². The van der Waals surface area contributed by atoms with Crippen LogP contribution in [0.3, 0.4) is 0 Å². The summed E-state index contributed by atoms with van der Waals surface area (Å²) in [5.74, 6) is 1.31. The third-order valence-corrected chi connectivity index (χ3v) is 7.20.